The molecular weight excluding hydrogens is 234 g/mol. The maximum atomic E-state index is 9.03. The predicted octanol–water partition coefficient (Wildman–Crippen LogP) is 2.36. The highest BCUT2D eigenvalue weighted by atomic mass is 32.2. The van der Waals surface area contributed by atoms with Crippen LogP contribution in [0.3, 0.4) is 0 Å². The molecule has 1 unspecified atom stereocenters. The molecule has 0 aromatic carbocycles. The molecule has 0 radical (unpaired) electrons. The molecule has 96 valence electrons. The molecule has 1 aromatic rings. The highest BCUT2D eigenvalue weighted by molar-refractivity contribution is 7.99. The van der Waals surface area contributed by atoms with E-state index >= 15 is 0 Å². The van der Waals surface area contributed by atoms with Gasteiger partial charge in [-0.05, 0) is 11.8 Å². The molecule has 0 saturated carbocycles. The van der Waals surface area contributed by atoms with E-state index in [1.54, 1.807) is 18.1 Å². The molecule has 4 nitrogen and oxygen atoms in total. The fraction of sp³-hybridized carbons (Fsp3) is 0.667. The zero-order valence-corrected chi connectivity index (χ0v) is 11.7. The quantitative estimate of drug-likeness (QED) is 0.603. The molecule has 1 atom stereocenters. The minimum atomic E-state index is 0.216. The first-order chi connectivity index (χ1) is 8.10. The summed E-state index contributed by atoms with van der Waals surface area (Å²) >= 11 is 1.69. The first-order valence-electron chi connectivity index (χ1n) is 5.86. The van der Waals surface area contributed by atoms with Gasteiger partial charge >= 0.3 is 0 Å². The van der Waals surface area contributed by atoms with Crippen molar-refractivity contribution < 1.29 is 5.11 Å². The third-order valence-electron chi connectivity index (χ3n) is 2.48. The van der Waals surface area contributed by atoms with Crippen molar-refractivity contribution in [1.29, 1.82) is 0 Å². The Morgan fingerprint density at radius 1 is 1.35 bits per heavy atom. The van der Waals surface area contributed by atoms with Crippen LogP contribution in [0.25, 0.3) is 0 Å². The number of hydrogen-bond acceptors (Lipinski definition) is 5. The van der Waals surface area contributed by atoms with Gasteiger partial charge in [-0.3, -0.25) is 0 Å². The van der Waals surface area contributed by atoms with Gasteiger partial charge in [-0.25, -0.2) is 9.97 Å². The van der Waals surface area contributed by atoms with Crippen molar-refractivity contribution in [3.63, 3.8) is 0 Å². The molecule has 0 amide bonds. The summed E-state index contributed by atoms with van der Waals surface area (Å²) in [6.07, 6.45) is 1.59. The highest BCUT2D eigenvalue weighted by Gasteiger charge is 2.15. The molecule has 0 aliphatic carbocycles. The topological polar surface area (TPSA) is 58.0 Å². The number of aliphatic hydroxyl groups is 1. The number of aliphatic hydroxyl groups excluding tert-OH is 1. The predicted molar refractivity (Wildman–Crippen MR) is 72.6 cm³/mol. The average molecular weight is 255 g/mol. The van der Waals surface area contributed by atoms with Crippen LogP contribution in [0.4, 0.5) is 5.82 Å². The van der Waals surface area contributed by atoms with E-state index in [0.717, 1.165) is 22.2 Å². The molecule has 0 saturated heterocycles. The van der Waals surface area contributed by atoms with Gasteiger partial charge in [-0.1, -0.05) is 20.8 Å². The second-order valence-corrected chi connectivity index (χ2v) is 5.45. The molecule has 0 aliphatic heterocycles. The maximum Gasteiger partial charge on any atom is 0.133 e. The van der Waals surface area contributed by atoms with Crippen molar-refractivity contribution in [2.45, 2.75) is 31.7 Å². The monoisotopic (exact) mass is 255 g/mol. The van der Waals surface area contributed by atoms with Crippen molar-refractivity contribution >= 4 is 17.6 Å². The van der Waals surface area contributed by atoms with Crippen LogP contribution < -0.4 is 5.32 Å². The van der Waals surface area contributed by atoms with Gasteiger partial charge in [-0.15, -0.1) is 11.8 Å². The van der Waals surface area contributed by atoms with Crippen molar-refractivity contribution in [3.8, 4) is 0 Å². The minimum absolute atomic E-state index is 0.216. The van der Waals surface area contributed by atoms with Crippen molar-refractivity contribution in [2.24, 2.45) is 5.92 Å². The maximum absolute atomic E-state index is 9.03. The van der Waals surface area contributed by atoms with E-state index in [2.05, 4.69) is 29.1 Å². The zero-order valence-electron chi connectivity index (χ0n) is 10.9. The number of thioether (sulfide) groups is 1. The fourth-order valence-electron chi connectivity index (χ4n) is 1.49. The van der Waals surface area contributed by atoms with Gasteiger partial charge in [0.25, 0.3) is 0 Å². The van der Waals surface area contributed by atoms with Gasteiger partial charge in [-0.2, -0.15) is 0 Å². The average Bonchev–Trinajstić information content (AvgIpc) is 2.34. The van der Waals surface area contributed by atoms with Gasteiger partial charge in [0.2, 0.25) is 0 Å². The third kappa shape index (κ3) is 3.85. The van der Waals surface area contributed by atoms with Crippen LogP contribution >= 0.6 is 11.8 Å². The van der Waals surface area contributed by atoms with E-state index in [1.807, 2.05) is 14.0 Å². The summed E-state index contributed by atoms with van der Waals surface area (Å²) in [6, 6.07) is 0. The van der Waals surface area contributed by atoms with Crippen LogP contribution in [-0.2, 0) is 0 Å². The van der Waals surface area contributed by atoms with E-state index in [4.69, 9.17) is 5.11 Å². The standard InChI is InChI=1S/C12H21N3OS/c1-8(2)10-11(13-4)14-7-15-12(10)17-6-9(3)5-16/h7-9,16H,5-6H2,1-4H3,(H,13,14,15). The Morgan fingerprint density at radius 3 is 2.59 bits per heavy atom. The SMILES string of the molecule is CNc1ncnc(SCC(C)CO)c1C(C)C. The molecule has 5 heteroatoms. The van der Waals surface area contributed by atoms with E-state index < -0.39 is 0 Å². The van der Waals surface area contributed by atoms with Gasteiger partial charge in [0.1, 0.15) is 17.2 Å². The van der Waals surface area contributed by atoms with Crippen LogP contribution in [0.2, 0.25) is 0 Å². The van der Waals surface area contributed by atoms with Crippen LogP contribution in [0.5, 0.6) is 0 Å². The first kappa shape index (κ1) is 14.3. The molecule has 17 heavy (non-hydrogen) atoms. The second-order valence-electron chi connectivity index (χ2n) is 4.44. The summed E-state index contributed by atoms with van der Waals surface area (Å²) in [6.45, 7) is 6.52. The molecule has 1 aromatic heterocycles. The Balaban J connectivity index is 2.90. The Hall–Kier alpha value is -0.810. The lowest BCUT2D eigenvalue weighted by Gasteiger charge is -2.16. The van der Waals surface area contributed by atoms with Crippen LogP contribution in [0.15, 0.2) is 11.4 Å². The summed E-state index contributed by atoms with van der Waals surface area (Å²) in [7, 11) is 1.87. The lowest BCUT2D eigenvalue weighted by atomic mass is 10.1. The van der Waals surface area contributed by atoms with Crippen LogP contribution in [-0.4, -0.2) is 34.5 Å². The van der Waals surface area contributed by atoms with E-state index in [-0.39, 0.29) is 12.5 Å². The van der Waals surface area contributed by atoms with E-state index in [1.165, 1.54) is 0 Å². The number of anilines is 1. The summed E-state index contributed by atoms with van der Waals surface area (Å²) in [5.74, 6) is 2.43. The molecule has 1 heterocycles. The number of aromatic nitrogens is 2. The van der Waals surface area contributed by atoms with Gasteiger partial charge in [0.05, 0.1) is 0 Å². The Bertz CT molecular complexity index is 358. The Labute approximate surface area is 107 Å². The van der Waals surface area contributed by atoms with Crippen molar-refractivity contribution in [2.75, 3.05) is 24.7 Å². The van der Waals surface area contributed by atoms with Gasteiger partial charge in [0, 0.05) is 25.0 Å². The number of nitrogens with zero attached hydrogens (tertiary/aromatic N) is 2. The number of nitrogens with one attached hydrogen (secondary N) is 1. The van der Waals surface area contributed by atoms with Crippen LogP contribution in [0, 0.1) is 5.92 Å². The normalized spacial score (nSPS) is 12.8. The van der Waals surface area contributed by atoms with E-state index in [0.29, 0.717) is 5.92 Å². The minimum Gasteiger partial charge on any atom is -0.396 e. The molecule has 0 fully saturated rings. The molecule has 2 N–H and O–H groups in total. The summed E-state index contributed by atoms with van der Waals surface area (Å²) < 4.78 is 0. The van der Waals surface area contributed by atoms with Gasteiger partial charge in [0.15, 0.2) is 0 Å². The lowest BCUT2D eigenvalue weighted by molar-refractivity contribution is 0.250. The molecular formula is C12H21N3OS. The number of rotatable bonds is 6. The summed E-state index contributed by atoms with van der Waals surface area (Å²) in [5.41, 5.74) is 1.16. The summed E-state index contributed by atoms with van der Waals surface area (Å²) in [5, 5.41) is 13.2. The molecule has 0 spiro atoms. The van der Waals surface area contributed by atoms with Gasteiger partial charge < -0.3 is 10.4 Å². The first-order valence-corrected chi connectivity index (χ1v) is 6.85. The summed E-state index contributed by atoms with van der Waals surface area (Å²) in [4.78, 5) is 8.59. The molecule has 0 aliphatic rings. The van der Waals surface area contributed by atoms with E-state index in [9.17, 15) is 0 Å². The van der Waals surface area contributed by atoms with Crippen molar-refractivity contribution in [3.05, 3.63) is 11.9 Å². The smallest absolute Gasteiger partial charge is 0.133 e. The Kier molecular flexibility index (Phi) is 5.71. The Morgan fingerprint density at radius 2 is 2.06 bits per heavy atom. The second kappa shape index (κ2) is 6.81. The zero-order chi connectivity index (χ0) is 12.8. The van der Waals surface area contributed by atoms with Crippen molar-refractivity contribution in [1.82, 2.24) is 9.97 Å². The van der Waals surface area contributed by atoms with Crippen LogP contribution in [0.1, 0.15) is 32.3 Å². The third-order valence-corrected chi connectivity index (χ3v) is 3.81. The highest BCUT2D eigenvalue weighted by Crippen LogP contribution is 2.31. The molecule has 1 rings (SSSR count). The fourth-order valence-corrected chi connectivity index (χ4v) is 2.65. The lowest BCUT2D eigenvalue weighted by Crippen LogP contribution is -2.07. The number of hydrogen-bond donors (Lipinski definition) is 2. The largest absolute Gasteiger partial charge is 0.396 e. The molecule has 0 bridgehead atoms.